The number of anilines is 2. The number of hydrogen-bond acceptors (Lipinski definition) is 6. The fourth-order valence-electron chi connectivity index (χ4n) is 2.10. The Morgan fingerprint density at radius 1 is 1.35 bits per heavy atom. The van der Waals surface area contributed by atoms with Gasteiger partial charge < -0.3 is 15.1 Å². The molecule has 0 radical (unpaired) electrons. The largest absolute Gasteiger partial charge is 0.383 e. The molecule has 6 heteroatoms. The maximum atomic E-state index is 5.58. The first-order valence-corrected chi connectivity index (χ1v) is 7.14. The van der Waals surface area contributed by atoms with Crippen molar-refractivity contribution < 1.29 is 4.74 Å². The first kappa shape index (κ1) is 16.7. The molecule has 0 aromatic carbocycles. The van der Waals surface area contributed by atoms with Crippen LogP contribution in [0.3, 0.4) is 0 Å². The summed E-state index contributed by atoms with van der Waals surface area (Å²) < 4.78 is 5.19. The van der Waals surface area contributed by atoms with E-state index in [9.17, 15) is 0 Å². The van der Waals surface area contributed by atoms with E-state index in [4.69, 9.17) is 15.6 Å². The molecule has 114 valence electrons. The minimum absolute atomic E-state index is 0.332. The summed E-state index contributed by atoms with van der Waals surface area (Å²) in [5, 5.41) is 0. The number of hydrogen-bond donors (Lipinski definition) is 2. The molecule has 20 heavy (non-hydrogen) atoms. The number of nitrogen functional groups attached to an aromatic ring is 1. The van der Waals surface area contributed by atoms with E-state index in [0.717, 1.165) is 36.6 Å². The second kappa shape index (κ2) is 8.01. The van der Waals surface area contributed by atoms with E-state index in [0.29, 0.717) is 18.5 Å². The third-order valence-electron chi connectivity index (χ3n) is 3.21. The first-order valence-electron chi connectivity index (χ1n) is 7.14. The van der Waals surface area contributed by atoms with E-state index in [-0.39, 0.29) is 0 Å². The van der Waals surface area contributed by atoms with E-state index in [1.54, 1.807) is 7.11 Å². The fourth-order valence-corrected chi connectivity index (χ4v) is 2.10. The zero-order chi connectivity index (χ0) is 15.1. The van der Waals surface area contributed by atoms with Crippen LogP contribution in [-0.4, -0.2) is 36.3 Å². The second-order valence-corrected chi connectivity index (χ2v) is 5.11. The number of nitrogens with zero attached hydrogens (tertiary/aromatic N) is 3. The molecule has 0 atom stereocenters. The minimum Gasteiger partial charge on any atom is -0.383 e. The summed E-state index contributed by atoms with van der Waals surface area (Å²) in [5.41, 5.74) is 3.64. The quantitative estimate of drug-likeness (QED) is 0.560. The highest BCUT2D eigenvalue weighted by molar-refractivity contribution is 5.58. The number of rotatable bonds is 8. The molecule has 3 N–H and O–H groups in total. The number of nitrogens with two attached hydrogens (primary N) is 1. The predicted molar refractivity (Wildman–Crippen MR) is 82.9 cm³/mol. The molecule has 1 rings (SSSR count). The Morgan fingerprint density at radius 3 is 2.55 bits per heavy atom. The van der Waals surface area contributed by atoms with Crippen LogP contribution in [0, 0.1) is 6.92 Å². The van der Waals surface area contributed by atoms with Gasteiger partial charge in [0.2, 0.25) is 0 Å². The van der Waals surface area contributed by atoms with Gasteiger partial charge >= 0.3 is 0 Å². The van der Waals surface area contributed by atoms with Crippen LogP contribution in [0.2, 0.25) is 0 Å². The average Bonchev–Trinajstić information content (AvgIpc) is 2.42. The monoisotopic (exact) mass is 281 g/mol. The van der Waals surface area contributed by atoms with Gasteiger partial charge in [-0.3, -0.25) is 0 Å². The molecule has 1 aromatic heterocycles. The summed E-state index contributed by atoms with van der Waals surface area (Å²) in [4.78, 5) is 11.4. The van der Waals surface area contributed by atoms with Crippen molar-refractivity contribution in [1.82, 2.24) is 9.97 Å². The Hall–Kier alpha value is -1.40. The fraction of sp³-hybridized carbons (Fsp3) is 0.714. The molecule has 0 saturated heterocycles. The van der Waals surface area contributed by atoms with E-state index in [1.807, 2.05) is 6.92 Å². The van der Waals surface area contributed by atoms with Crippen LogP contribution in [0.15, 0.2) is 0 Å². The lowest BCUT2D eigenvalue weighted by molar-refractivity contribution is 0.203. The highest BCUT2D eigenvalue weighted by Gasteiger charge is 2.18. The molecule has 0 spiro atoms. The highest BCUT2D eigenvalue weighted by atomic mass is 16.5. The number of aromatic nitrogens is 2. The zero-order valence-corrected chi connectivity index (χ0v) is 13.2. The molecule has 1 heterocycles. The minimum atomic E-state index is 0.332. The van der Waals surface area contributed by atoms with Gasteiger partial charge in [0.05, 0.1) is 6.61 Å². The lowest BCUT2D eigenvalue weighted by Gasteiger charge is -2.29. The van der Waals surface area contributed by atoms with Gasteiger partial charge in [-0.1, -0.05) is 6.92 Å². The van der Waals surface area contributed by atoms with Gasteiger partial charge in [-0.25, -0.2) is 15.8 Å². The molecule has 0 unspecified atom stereocenters. The second-order valence-electron chi connectivity index (χ2n) is 5.11. The Kier molecular flexibility index (Phi) is 6.67. The van der Waals surface area contributed by atoms with Crippen molar-refractivity contribution in [2.75, 3.05) is 30.6 Å². The topological polar surface area (TPSA) is 76.3 Å². The lowest BCUT2D eigenvalue weighted by atomic mass is 10.2. The number of hydrazine groups is 1. The van der Waals surface area contributed by atoms with Crippen LogP contribution in [0.4, 0.5) is 11.6 Å². The lowest BCUT2D eigenvalue weighted by Crippen LogP contribution is -2.35. The van der Waals surface area contributed by atoms with Gasteiger partial charge in [0.1, 0.15) is 17.5 Å². The van der Waals surface area contributed by atoms with Crippen molar-refractivity contribution in [1.29, 1.82) is 0 Å². The van der Waals surface area contributed by atoms with Crippen LogP contribution in [-0.2, 0) is 11.2 Å². The molecular formula is C14H27N5O. The van der Waals surface area contributed by atoms with Crippen molar-refractivity contribution >= 4 is 11.6 Å². The third-order valence-corrected chi connectivity index (χ3v) is 3.21. The van der Waals surface area contributed by atoms with Crippen LogP contribution in [0.25, 0.3) is 0 Å². The van der Waals surface area contributed by atoms with E-state index in [1.165, 1.54) is 0 Å². The summed E-state index contributed by atoms with van der Waals surface area (Å²) in [7, 11) is 1.71. The smallest absolute Gasteiger partial charge is 0.148 e. The van der Waals surface area contributed by atoms with Crippen molar-refractivity contribution in [3.63, 3.8) is 0 Å². The van der Waals surface area contributed by atoms with Crippen molar-refractivity contribution in [2.24, 2.45) is 5.84 Å². The molecule has 0 bridgehead atoms. The van der Waals surface area contributed by atoms with Crippen LogP contribution >= 0.6 is 0 Å². The number of methoxy groups -OCH3 is 1. The van der Waals surface area contributed by atoms with Crippen LogP contribution in [0.1, 0.15) is 38.6 Å². The standard InChI is InChI=1S/C14H27N5O/c1-6-7-12-16-13(18-15)11(4)14(17-12)19(10(2)3)8-9-20-5/h10H,6-9,15H2,1-5H3,(H,16,17,18). The van der Waals surface area contributed by atoms with Gasteiger partial charge in [-0.05, 0) is 27.2 Å². The Labute approximate surface area is 121 Å². The molecular weight excluding hydrogens is 254 g/mol. The molecule has 6 nitrogen and oxygen atoms in total. The van der Waals surface area contributed by atoms with E-state index in [2.05, 4.69) is 36.1 Å². The maximum Gasteiger partial charge on any atom is 0.148 e. The predicted octanol–water partition coefficient (Wildman–Crippen LogP) is 1.88. The van der Waals surface area contributed by atoms with Crippen molar-refractivity contribution in [2.45, 2.75) is 46.6 Å². The molecule has 0 fully saturated rings. The maximum absolute atomic E-state index is 5.58. The molecule has 0 aliphatic carbocycles. The summed E-state index contributed by atoms with van der Waals surface area (Å²) in [6.45, 7) is 9.85. The first-order chi connectivity index (χ1) is 9.54. The summed E-state index contributed by atoms with van der Waals surface area (Å²) >= 11 is 0. The average molecular weight is 281 g/mol. The zero-order valence-electron chi connectivity index (χ0n) is 13.2. The molecule has 0 saturated carbocycles. The SMILES string of the molecule is CCCc1nc(NN)c(C)c(N(CCOC)C(C)C)n1. The van der Waals surface area contributed by atoms with E-state index < -0.39 is 0 Å². The third kappa shape index (κ3) is 4.05. The van der Waals surface area contributed by atoms with Gasteiger partial charge in [0.25, 0.3) is 0 Å². The summed E-state index contributed by atoms with van der Waals surface area (Å²) in [6.07, 6.45) is 1.85. The molecule has 0 aliphatic heterocycles. The van der Waals surface area contributed by atoms with Crippen molar-refractivity contribution in [3.8, 4) is 0 Å². The molecule has 0 aliphatic rings. The summed E-state index contributed by atoms with van der Waals surface area (Å²) in [5.74, 6) is 8.03. The number of nitrogens with one attached hydrogen (secondary N) is 1. The number of aryl methyl sites for hydroxylation is 1. The summed E-state index contributed by atoms with van der Waals surface area (Å²) in [6, 6.07) is 0.332. The van der Waals surface area contributed by atoms with E-state index >= 15 is 0 Å². The number of ether oxygens (including phenoxy) is 1. The molecule has 0 amide bonds. The molecule has 1 aromatic rings. The van der Waals surface area contributed by atoms with Gasteiger partial charge in [-0.15, -0.1) is 0 Å². The Balaban J connectivity index is 3.20. The van der Waals surface area contributed by atoms with Gasteiger partial charge in [0.15, 0.2) is 0 Å². The van der Waals surface area contributed by atoms with Gasteiger partial charge in [0, 0.05) is 31.7 Å². The van der Waals surface area contributed by atoms with Crippen LogP contribution in [0.5, 0.6) is 0 Å². The van der Waals surface area contributed by atoms with Crippen molar-refractivity contribution in [3.05, 3.63) is 11.4 Å². The Bertz CT molecular complexity index is 422. The highest BCUT2D eigenvalue weighted by Crippen LogP contribution is 2.25. The van der Waals surface area contributed by atoms with Crippen LogP contribution < -0.4 is 16.2 Å². The van der Waals surface area contributed by atoms with Gasteiger partial charge in [-0.2, -0.15) is 0 Å². The Morgan fingerprint density at radius 2 is 2.05 bits per heavy atom. The normalized spacial score (nSPS) is 10.9.